The minimum absolute atomic E-state index is 0.0757. The molecule has 24 heavy (non-hydrogen) atoms. The molecule has 2 aromatic rings. The van der Waals surface area contributed by atoms with Crippen LogP contribution in [0.15, 0.2) is 41.0 Å². The van der Waals surface area contributed by atoms with Crippen molar-refractivity contribution < 1.29 is 22.8 Å². The molecule has 0 aliphatic carbocycles. The highest BCUT2D eigenvalue weighted by molar-refractivity contribution is 5.89. The third kappa shape index (κ3) is 3.45. The van der Waals surface area contributed by atoms with Gasteiger partial charge in [0.1, 0.15) is 17.4 Å². The van der Waals surface area contributed by atoms with Crippen molar-refractivity contribution in [3.8, 4) is 0 Å². The van der Waals surface area contributed by atoms with Gasteiger partial charge in [-0.2, -0.15) is 0 Å². The Kier molecular flexibility index (Phi) is 4.59. The molecule has 0 saturated carbocycles. The van der Waals surface area contributed by atoms with Crippen molar-refractivity contribution >= 4 is 11.8 Å². The van der Waals surface area contributed by atoms with Gasteiger partial charge in [-0.3, -0.25) is 9.59 Å². The van der Waals surface area contributed by atoms with Crippen LogP contribution < -0.4 is 5.32 Å². The molecule has 126 valence electrons. The van der Waals surface area contributed by atoms with Crippen LogP contribution in [0.3, 0.4) is 0 Å². The molecule has 0 spiro atoms. The zero-order valence-electron chi connectivity index (χ0n) is 12.8. The van der Waals surface area contributed by atoms with Gasteiger partial charge in [-0.1, -0.05) is 6.07 Å². The Morgan fingerprint density at radius 1 is 1.25 bits per heavy atom. The molecule has 1 atom stereocenters. The van der Waals surface area contributed by atoms with Gasteiger partial charge in [0.25, 0.3) is 0 Å². The maximum Gasteiger partial charge on any atom is 0.225 e. The van der Waals surface area contributed by atoms with Crippen molar-refractivity contribution in [1.29, 1.82) is 0 Å². The van der Waals surface area contributed by atoms with Gasteiger partial charge in [-0.25, -0.2) is 8.78 Å². The number of halogens is 2. The highest BCUT2D eigenvalue weighted by atomic mass is 19.1. The van der Waals surface area contributed by atoms with Crippen LogP contribution in [0.2, 0.25) is 0 Å². The average Bonchev–Trinajstić information content (AvgIpc) is 3.17. The Bertz CT molecular complexity index is 726. The normalized spacial score (nSPS) is 17.3. The lowest BCUT2D eigenvalue weighted by atomic mass is 10.1. The molecule has 1 aliphatic rings. The van der Waals surface area contributed by atoms with E-state index in [2.05, 4.69) is 5.32 Å². The SMILES string of the molecule is O=C(NCc1c(F)cccc1F)C1CC(=O)N(Cc2ccco2)C1. The fourth-order valence-corrected chi connectivity index (χ4v) is 2.71. The van der Waals surface area contributed by atoms with Crippen LogP contribution in [0.1, 0.15) is 17.7 Å². The third-order valence-electron chi connectivity index (χ3n) is 4.01. The van der Waals surface area contributed by atoms with Crippen molar-refractivity contribution in [2.24, 2.45) is 5.92 Å². The molecule has 2 amide bonds. The lowest BCUT2D eigenvalue weighted by Crippen LogP contribution is -2.32. The Labute approximate surface area is 137 Å². The average molecular weight is 334 g/mol. The first kappa shape index (κ1) is 16.2. The Hall–Kier alpha value is -2.70. The van der Waals surface area contributed by atoms with E-state index in [1.807, 2.05) is 0 Å². The minimum atomic E-state index is -0.711. The van der Waals surface area contributed by atoms with Crippen molar-refractivity contribution in [3.05, 3.63) is 59.6 Å². The Morgan fingerprint density at radius 2 is 2.00 bits per heavy atom. The number of benzene rings is 1. The molecule has 1 aromatic carbocycles. The number of rotatable bonds is 5. The summed E-state index contributed by atoms with van der Waals surface area (Å²) in [6, 6.07) is 7.01. The van der Waals surface area contributed by atoms with E-state index in [0.29, 0.717) is 12.3 Å². The Balaban J connectivity index is 1.57. The molecular formula is C17H16F2N2O3. The second kappa shape index (κ2) is 6.82. The Morgan fingerprint density at radius 3 is 2.67 bits per heavy atom. The molecule has 1 saturated heterocycles. The molecule has 1 aromatic heterocycles. The number of nitrogens with zero attached hydrogens (tertiary/aromatic N) is 1. The molecule has 1 N–H and O–H groups in total. The van der Waals surface area contributed by atoms with Gasteiger partial charge in [-0.05, 0) is 24.3 Å². The van der Waals surface area contributed by atoms with E-state index >= 15 is 0 Å². The predicted octanol–water partition coefficient (Wildman–Crippen LogP) is 2.22. The summed E-state index contributed by atoms with van der Waals surface area (Å²) < 4.78 is 32.3. The summed E-state index contributed by atoms with van der Waals surface area (Å²) in [5, 5.41) is 2.50. The molecule has 1 fully saturated rings. The molecule has 2 heterocycles. The van der Waals surface area contributed by atoms with Crippen LogP contribution in [0.25, 0.3) is 0 Å². The van der Waals surface area contributed by atoms with Crippen LogP contribution in [0.4, 0.5) is 8.78 Å². The van der Waals surface area contributed by atoms with Crippen LogP contribution >= 0.6 is 0 Å². The number of amides is 2. The maximum absolute atomic E-state index is 13.5. The van der Waals surface area contributed by atoms with E-state index in [1.54, 1.807) is 12.1 Å². The van der Waals surface area contributed by atoms with Gasteiger partial charge in [0, 0.05) is 25.1 Å². The predicted molar refractivity (Wildman–Crippen MR) is 80.4 cm³/mol. The monoisotopic (exact) mass is 334 g/mol. The standard InChI is InChI=1S/C17H16F2N2O3/c18-14-4-1-5-15(19)13(14)8-20-17(23)11-7-16(22)21(9-11)10-12-3-2-6-24-12/h1-6,11H,7-10H2,(H,20,23). The molecule has 0 radical (unpaired) electrons. The van der Waals surface area contributed by atoms with Crippen molar-refractivity contribution in [3.63, 3.8) is 0 Å². The summed E-state index contributed by atoms with van der Waals surface area (Å²) in [7, 11) is 0. The van der Waals surface area contributed by atoms with E-state index in [4.69, 9.17) is 4.42 Å². The van der Waals surface area contributed by atoms with E-state index in [-0.39, 0.29) is 31.0 Å². The largest absolute Gasteiger partial charge is 0.467 e. The first-order valence-electron chi connectivity index (χ1n) is 7.55. The summed E-state index contributed by atoms with van der Waals surface area (Å²) in [6.45, 7) is 0.308. The zero-order valence-corrected chi connectivity index (χ0v) is 12.8. The highest BCUT2D eigenvalue weighted by Gasteiger charge is 2.34. The third-order valence-corrected chi connectivity index (χ3v) is 4.01. The van der Waals surface area contributed by atoms with Crippen LogP contribution in [-0.2, 0) is 22.7 Å². The molecule has 3 rings (SSSR count). The number of carbonyl (C=O) groups excluding carboxylic acids is 2. The fourth-order valence-electron chi connectivity index (χ4n) is 2.71. The number of furan rings is 1. The number of likely N-dealkylation sites (tertiary alicyclic amines) is 1. The summed E-state index contributed by atoms with van der Waals surface area (Å²) in [4.78, 5) is 25.7. The molecule has 5 nitrogen and oxygen atoms in total. The molecule has 0 bridgehead atoms. The summed E-state index contributed by atoms with van der Waals surface area (Å²) in [5.41, 5.74) is -0.192. The van der Waals surface area contributed by atoms with Crippen LogP contribution in [0, 0.1) is 17.6 Å². The summed E-state index contributed by atoms with van der Waals surface area (Å²) in [6.07, 6.45) is 1.59. The smallest absolute Gasteiger partial charge is 0.225 e. The number of nitrogens with one attached hydrogen (secondary N) is 1. The first-order valence-corrected chi connectivity index (χ1v) is 7.55. The minimum Gasteiger partial charge on any atom is -0.467 e. The number of hydrogen-bond donors (Lipinski definition) is 1. The van der Waals surface area contributed by atoms with Gasteiger partial charge in [0.15, 0.2) is 0 Å². The van der Waals surface area contributed by atoms with Crippen molar-refractivity contribution in [2.45, 2.75) is 19.5 Å². The van der Waals surface area contributed by atoms with Gasteiger partial charge in [-0.15, -0.1) is 0 Å². The second-order valence-corrected chi connectivity index (χ2v) is 5.67. The summed E-state index contributed by atoms with van der Waals surface area (Å²) >= 11 is 0. The van der Waals surface area contributed by atoms with Crippen molar-refractivity contribution in [1.82, 2.24) is 10.2 Å². The van der Waals surface area contributed by atoms with Gasteiger partial charge in [0.05, 0.1) is 18.7 Å². The summed E-state index contributed by atoms with van der Waals surface area (Å²) in [5.74, 6) is -1.87. The number of hydrogen-bond acceptors (Lipinski definition) is 3. The van der Waals surface area contributed by atoms with E-state index in [0.717, 1.165) is 12.1 Å². The van der Waals surface area contributed by atoms with E-state index < -0.39 is 23.5 Å². The first-order chi connectivity index (χ1) is 11.5. The molecule has 7 heteroatoms. The van der Waals surface area contributed by atoms with E-state index in [1.165, 1.54) is 17.2 Å². The second-order valence-electron chi connectivity index (χ2n) is 5.67. The van der Waals surface area contributed by atoms with Gasteiger partial charge >= 0.3 is 0 Å². The molecule has 1 unspecified atom stereocenters. The lowest BCUT2D eigenvalue weighted by molar-refractivity contribution is -0.129. The molecular weight excluding hydrogens is 318 g/mol. The maximum atomic E-state index is 13.5. The number of carbonyl (C=O) groups is 2. The van der Waals surface area contributed by atoms with Gasteiger partial charge < -0.3 is 14.6 Å². The quantitative estimate of drug-likeness (QED) is 0.912. The zero-order chi connectivity index (χ0) is 17.1. The van der Waals surface area contributed by atoms with Crippen LogP contribution in [0.5, 0.6) is 0 Å². The van der Waals surface area contributed by atoms with Crippen LogP contribution in [-0.4, -0.2) is 23.3 Å². The highest BCUT2D eigenvalue weighted by Crippen LogP contribution is 2.21. The van der Waals surface area contributed by atoms with Gasteiger partial charge in [0.2, 0.25) is 11.8 Å². The fraction of sp³-hybridized carbons (Fsp3) is 0.294. The van der Waals surface area contributed by atoms with Crippen molar-refractivity contribution in [2.75, 3.05) is 6.54 Å². The topological polar surface area (TPSA) is 62.6 Å². The lowest BCUT2D eigenvalue weighted by Gasteiger charge is -2.15. The molecule has 1 aliphatic heterocycles. The van der Waals surface area contributed by atoms with E-state index in [9.17, 15) is 18.4 Å².